The summed E-state index contributed by atoms with van der Waals surface area (Å²) in [6.07, 6.45) is 3.20. The van der Waals surface area contributed by atoms with E-state index in [2.05, 4.69) is 9.98 Å². The highest BCUT2D eigenvalue weighted by Gasteiger charge is 2.40. The van der Waals surface area contributed by atoms with Gasteiger partial charge in [-0.25, -0.2) is 9.59 Å². The maximum Gasteiger partial charge on any atom is 0.240 e. The summed E-state index contributed by atoms with van der Waals surface area (Å²) >= 11 is 0. The van der Waals surface area contributed by atoms with E-state index in [-0.39, 0.29) is 11.4 Å². The van der Waals surface area contributed by atoms with E-state index in [1.165, 1.54) is 0 Å². The largest absolute Gasteiger partial charge is 0.240 e. The Kier molecular flexibility index (Phi) is 5.77. The van der Waals surface area contributed by atoms with Crippen molar-refractivity contribution < 1.29 is 9.59 Å². The molecule has 0 atom stereocenters. The zero-order valence-corrected chi connectivity index (χ0v) is 16.6. The van der Waals surface area contributed by atoms with Crippen LogP contribution in [0.15, 0.2) is 119 Å². The maximum atomic E-state index is 11.4. The Balaban J connectivity index is 2.24. The molecule has 4 aromatic carbocycles. The van der Waals surface area contributed by atoms with Crippen LogP contribution in [0.4, 0.5) is 11.4 Å². The van der Waals surface area contributed by atoms with Gasteiger partial charge in [0.05, 0.1) is 5.41 Å². The van der Waals surface area contributed by atoms with E-state index < -0.39 is 5.41 Å². The summed E-state index contributed by atoms with van der Waals surface area (Å²) in [5, 5.41) is 0. The molecule has 4 heteroatoms. The molecule has 0 heterocycles. The first kappa shape index (κ1) is 19.9. The van der Waals surface area contributed by atoms with Crippen molar-refractivity contribution in [1.29, 1.82) is 0 Å². The second-order valence-corrected chi connectivity index (χ2v) is 6.93. The van der Waals surface area contributed by atoms with E-state index >= 15 is 0 Å². The first-order chi connectivity index (χ1) is 15.3. The topological polar surface area (TPSA) is 58.9 Å². The van der Waals surface area contributed by atoms with E-state index in [9.17, 15) is 9.59 Å². The highest BCUT2D eigenvalue weighted by Crippen LogP contribution is 2.50. The Hall–Kier alpha value is -4.36. The smallest absolute Gasteiger partial charge is 0.211 e. The van der Waals surface area contributed by atoms with Crippen molar-refractivity contribution in [3.8, 4) is 0 Å². The van der Waals surface area contributed by atoms with Gasteiger partial charge in [-0.05, 0) is 22.8 Å². The third-order valence-electron chi connectivity index (χ3n) is 5.36. The molecule has 0 bridgehead atoms. The van der Waals surface area contributed by atoms with Crippen molar-refractivity contribution in [1.82, 2.24) is 0 Å². The van der Waals surface area contributed by atoms with Crippen LogP contribution in [0.25, 0.3) is 0 Å². The molecule has 4 aromatic rings. The first-order valence-corrected chi connectivity index (χ1v) is 9.78. The lowest BCUT2D eigenvalue weighted by atomic mass is 9.64. The number of isocyanates is 2. The molecule has 0 amide bonds. The van der Waals surface area contributed by atoms with Gasteiger partial charge < -0.3 is 0 Å². The Morgan fingerprint density at radius 1 is 0.516 bits per heavy atom. The van der Waals surface area contributed by atoms with E-state index in [1.54, 1.807) is 24.3 Å². The molecule has 0 aliphatic rings. The van der Waals surface area contributed by atoms with E-state index in [0.29, 0.717) is 0 Å². The van der Waals surface area contributed by atoms with Crippen LogP contribution in [0, 0.1) is 0 Å². The van der Waals surface area contributed by atoms with E-state index in [0.717, 1.165) is 22.3 Å². The molecule has 0 radical (unpaired) electrons. The Labute approximate surface area is 180 Å². The van der Waals surface area contributed by atoms with Crippen LogP contribution in [-0.4, -0.2) is 12.2 Å². The summed E-state index contributed by atoms with van der Waals surface area (Å²) in [7, 11) is 0. The number of benzene rings is 4. The molecular weight excluding hydrogens is 384 g/mol. The third-order valence-corrected chi connectivity index (χ3v) is 5.36. The molecule has 4 nitrogen and oxygen atoms in total. The van der Waals surface area contributed by atoms with E-state index in [4.69, 9.17) is 0 Å². The minimum atomic E-state index is -0.812. The molecule has 0 aliphatic carbocycles. The second kappa shape index (κ2) is 8.98. The Bertz CT molecular complexity index is 1180. The second-order valence-electron chi connectivity index (χ2n) is 6.93. The van der Waals surface area contributed by atoms with Gasteiger partial charge in [-0.15, -0.1) is 0 Å². The third kappa shape index (κ3) is 3.54. The van der Waals surface area contributed by atoms with Gasteiger partial charge in [-0.1, -0.05) is 103 Å². The lowest BCUT2D eigenvalue weighted by molar-refractivity contribution is 0.564. The normalized spacial score (nSPS) is 10.6. The van der Waals surface area contributed by atoms with Crippen molar-refractivity contribution in [2.45, 2.75) is 5.41 Å². The number of rotatable bonds is 6. The summed E-state index contributed by atoms with van der Waals surface area (Å²) in [6.45, 7) is 0. The molecule has 0 unspecified atom stereocenters. The fourth-order valence-electron chi connectivity index (χ4n) is 4.17. The summed E-state index contributed by atoms with van der Waals surface area (Å²) in [6, 6.07) is 35.4. The van der Waals surface area contributed by atoms with Crippen LogP contribution in [-0.2, 0) is 15.0 Å². The Morgan fingerprint density at radius 2 is 0.968 bits per heavy atom. The van der Waals surface area contributed by atoms with Crippen LogP contribution in [0.5, 0.6) is 0 Å². The number of hydrogen-bond acceptors (Lipinski definition) is 4. The van der Waals surface area contributed by atoms with Gasteiger partial charge in [0.25, 0.3) is 0 Å². The molecule has 0 fully saturated rings. The van der Waals surface area contributed by atoms with Crippen molar-refractivity contribution in [3.05, 3.63) is 131 Å². The van der Waals surface area contributed by atoms with Crippen molar-refractivity contribution >= 4 is 23.5 Å². The molecule has 31 heavy (non-hydrogen) atoms. The van der Waals surface area contributed by atoms with Crippen LogP contribution in [0.1, 0.15) is 22.3 Å². The van der Waals surface area contributed by atoms with Crippen molar-refractivity contribution in [3.63, 3.8) is 0 Å². The number of hydrogen-bond donors (Lipinski definition) is 0. The lowest BCUT2D eigenvalue weighted by Gasteiger charge is -2.37. The van der Waals surface area contributed by atoms with Crippen molar-refractivity contribution in [2.24, 2.45) is 9.98 Å². The molecule has 0 spiro atoms. The zero-order chi connectivity index (χ0) is 21.5. The fraction of sp³-hybridized carbons (Fsp3) is 0.0370. The number of para-hydroxylation sites is 1. The zero-order valence-electron chi connectivity index (χ0n) is 16.6. The monoisotopic (exact) mass is 402 g/mol. The number of carbonyl (C=O) groups excluding carboxylic acids is 2. The maximum absolute atomic E-state index is 11.4. The molecule has 0 saturated carbocycles. The minimum absolute atomic E-state index is 0.267. The van der Waals surface area contributed by atoms with Gasteiger partial charge in [0.2, 0.25) is 12.2 Å². The van der Waals surface area contributed by atoms with Gasteiger partial charge >= 0.3 is 0 Å². The molecule has 0 aliphatic heterocycles. The average Bonchev–Trinajstić information content (AvgIpc) is 2.84. The summed E-state index contributed by atoms with van der Waals surface area (Å²) < 4.78 is 0. The van der Waals surface area contributed by atoms with Gasteiger partial charge in [-0.3, -0.25) is 0 Å². The summed E-state index contributed by atoms with van der Waals surface area (Å²) in [5.41, 5.74) is 3.43. The highest BCUT2D eigenvalue weighted by atomic mass is 16.1. The average molecular weight is 402 g/mol. The molecule has 0 N–H and O–H groups in total. The quantitative estimate of drug-likeness (QED) is 0.225. The predicted molar refractivity (Wildman–Crippen MR) is 120 cm³/mol. The van der Waals surface area contributed by atoms with E-state index in [1.807, 2.05) is 97.1 Å². The van der Waals surface area contributed by atoms with Gasteiger partial charge in [-0.2, -0.15) is 9.98 Å². The SMILES string of the molecule is O=C=Nc1cccc(C(c2ccccc2)(c2ccccc2)c2ccccc2)c1N=C=O. The molecule has 148 valence electrons. The van der Waals surface area contributed by atoms with Crippen LogP contribution in [0.2, 0.25) is 0 Å². The molecule has 4 rings (SSSR count). The summed E-state index contributed by atoms with van der Waals surface area (Å²) in [5.74, 6) is 0. The van der Waals surface area contributed by atoms with Gasteiger partial charge in [0, 0.05) is 5.56 Å². The van der Waals surface area contributed by atoms with Gasteiger partial charge in [0.1, 0.15) is 11.4 Å². The first-order valence-electron chi connectivity index (χ1n) is 9.78. The molecular formula is C27H18N2O2. The van der Waals surface area contributed by atoms with Crippen LogP contribution >= 0.6 is 0 Å². The van der Waals surface area contributed by atoms with Crippen LogP contribution < -0.4 is 0 Å². The molecule has 0 aromatic heterocycles. The number of nitrogens with zero attached hydrogens (tertiary/aromatic N) is 2. The van der Waals surface area contributed by atoms with Gasteiger partial charge in [0.15, 0.2) is 0 Å². The minimum Gasteiger partial charge on any atom is -0.211 e. The van der Waals surface area contributed by atoms with Crippen LogP contribution in [0.3, 0.4) is 0 Å². The highest BCUT2D eigenvalue weighted by molar-refractivity contribution is 5.77. The standard InChI is InChI=1S/C27H18N2O2/c30-19-28-25-18-10-17-24(26(25)29-20-31)27(21-11-4-1-5-12-21,22-13-6-2-7-14-22)23-15-8-3-9-16-23/h1-18H. The number of aliphatic imine (C=N–C) groups is 2. The Morgan fingerprint density at radius 3 is 1.39 bits per heavy atom. The molecule has 0 saturated heterocycles. The summed E-state index contributed by atoms with van der Waals surface area (Å²) in [4.78, 5) is 30.2. The predicted octanol–water partition coefficient (Wildman–Crippen LogP) is 6.00. The lowest BCUT2D eigenvalue weighted by Crippen LogP contribution is -2.31. The van der Waals surface area contributed by atoms with Crippen molar-refractivity contribution in [2.75, 3.05) is 0 Å². The fourth-order valence-corrected chi connectivity index (χ4v) is 4.17.